The number of rotatable bonds is 6. The van der Waals surface area contributed by atoms with Gasteiger partial charge in [0, 0.05) is 12.5 Å². The van der Waals surface area contributed by atoms with Crippen molar-refractivity contribution in [2.24, 2.45) is 5.92 Å². The number of nitrogens with one attached hydrogen (secondary N) is 1. The molecule has 19 heavy (non-hydrogen) atoms. The van der Waals surface area contributed by atoms with E-state index in [1.54, 1.807) is 0 Å². The molecule has 2 aliphatic carbocycles. The van der Waals surface area contributed by atoms with Crippen molar-refractivity contribution in [3.05, 3.63) is 11.6 Å². The van der Waals surface area contributed by atoms with Gasteiger partial charge < -0.3 is 10.1 Å². The van der Waals surface area contributed by atoms with Crippen molar-refractivity contribution < 1.29 is 14.3 Å². The summed E-state index contributed by atoms with van der Waals surface area (Å²) in [7, 11) is 1.39. The molecule has 0 aromatic heterocycles. The van der Waals surface area contributed by atoms with Crippen LogP contribution in [0.4, 0.5) is 0 Å². The van der Waals surface area contributed by atoms with Gasteiger partial charge in [-0.3, -0.25) is 9.59 Å². The van der Waals surface area contributed by atoms with Gasteiger partial charge in [-0.15, -0.1) is 0 Å². The van der Waals surface area contributed by atoms with Crippen LogP contribution in [0.25, 0.3) is 0 Å². The zero-order chi connectivity index (χ0) is 13.7. The van der Waals surface area contributed by atoms with Crippen molar-refractivity contribution >= 4 is 11.9 Å². The lowest BCUT2D eigenvalue weighted by molar-refractivity contribution is -0.141. The lowest BCUT2D eigenvalue weighted by atomic mass is 9.97. The smallest absolute Gasteiger partial charge is 0.307 e. The fraction of sp³-hybridized carbons (Fsp3) is 0.733. The first kappa shape index (κ1) is 14.1. The maximum Gasteiger partial charge on any atom is 0.307 e. The molecule has 0 spiro atoms. The average Bonchev–Trinajstić information content (AvgIpc) is 3.23. The molecule has 106 valence electrons. The number of carbonyl (C=O) groups excluding carboxylic acids is 2. The van der Waals surface area contributed by atoms with E-state index in [2.05, 4.69) is 16.1 Å². The maximum absolute atomic E-state index is 12.0. The van der Waals surface area contributed by atoms with Crippen LogP contribution in [0.3, 0.4) is 0 Å². The lowest BCUT2D eigenvalue weighted by Gasteiger charge is -2.18. The molecule has 0 bridgehead atoms. The Morgan fingerprint density at radius 3 is 2.79 bits per heavy atom. The second-order valence-corrected chi connectivity index (χ2v) is 5.58. The number of allylic oxidation sites excluding steroid dienone is 1. The highest BCUT2D eigenvalue weighted by molar-refractivity contribution is 5.80. The first-order chi connectivity index (χ1) is 9.19. The Kier molecular flexibility index (Phi) is 5.00. The highest BCUT2D eigenvalue weighted by Crippen LogP contribution is 2.34. The summed E-state index contributed by atoms with van der Waals surface area (Å²) in [6.07, 6.45) is 9.74. The van der Waals surface area contributed by atoms with Crippen LogP contribution in [0, 0.1) is 5.92 Å². The Labute approximate surface area is 114 Å². The number of esters is 1. The molecule has 2 aliphatic rings. The summed E-state index contributed by atoms with van der Waals surface area (Å²) in [6, 6.07) is -0.0378. The molecule has 1 atom stereocenters. The van der Waals surface area contributed by atoms with E-state index in [9.17, 15) is 9.59 Å². The minimum Gasteiger partial charge on any atom is -0.469 e. The Morgan fingerprint density at radius 1 is 1.42 bits per heavy atom. The van der Waals surface area contributed by atoms with Gasteiger partial charge in [0.15, 0.2) is 0 Å². The van der Waals surface area contributed by atoms with Gasteiger partial charge in [0.05, 0.1) is 13.5 Å². The number of amides is 1. The summed E-state index contributed by atoms with van der Waals surface area (Å²) in [4.78, 5) is 23.4. The van der Waals surface area contributed by atoms with E-state index >= 15 is 0 Å². The summed E-state index contributed by atoms with van der Waals surface area (Å²) in [6.45, 7) is 0. The van der Waals surface area contributed by atoms with E-state index in [0.29, 0.717) is 18.8 Å². The molecule has 4 heteroatoms. The predicted octanol–water partition coefficient (Wildman–Crippen LogP) is 2.33. The Morgan fingerprint density at radius 2 is 2.21 bits per heavy atom. The molecule has 1 amide bonds. The summed E-state index contributed by atoms with van der Waals surface area (Å²) in [5.74, 6) is 0.270. The largest absolute Gasteiger partial charge is 0.469 e. The summed E-state index contributed by atoms with van der Waals surface area (Å²) in [5.41, 5.74) is 1.25. The number of carbonyl (C=O) groups is 2. The first-order valence-electron chi connectivity index (χ1n) is 7.23. The SMILES string of the molecule is COC(=O)C[C@H](NC(=O)CC1=CCCCC1)C1CC1. The quantitative estimate of drug-likeness (QED) is 0.592. The van der Waals surface area contributed by atoms with E-state index in [-0.39, 0.29) is 17.9 Å². The molecular weight excluding hydrogens is 242 g/mol. The van der Waals surface area contributed by atoms with E-state index in [1.807, 2.05) is 0 Å². The summed E-state index contributed by atoms with van der Waals surface area (Å²) in [5, 5.41) is 3.01. The summed E-state index contributed by atoms with van der Waals surface area (Å²) >= 11 is 0. The Bertz CT molecular complexity index is 372. The van der Waals surface area contributed by atoms with Crippen LogP contribution in [-0.2, 0) is 14.3 Å². The molecule has 1 fully saturated rings. The molecule has 4 nitrogen and oxygen atoms in total. The van der Waals surface area contributed by atoms with Crippen LogP contribution < -0.4 is 5.32 Å². The number of methoxy groups -OCH3 is 1. The fourth-order valence-electron chi connectivity index (χ4n) is 2.63. The minimum absolute atomic E-state index is 0.0378. The van der Waals surface area contributed by atoms with Crippen molar-refractivity contribution in [3.63, 3.8) is 0 Å². The molecular formula is C15H23NO3. The van der Waals surface area contributed by atoms with E-state index in [0.717, 1.165) is 25.7 Å². The molecule has 0 aromatic rings. The highest BCUT2D eigenvalue weighted by atomic mass is 16.5. The van der Waals surface area contributed by atoms with Gasteiger partial charge in [-0.05, 0) is 44.4 Å². The number of hydrogen-bond donors (Lipinski definition) is 1. The molecule has 0 unspecified atom stereocenters. The van der Waals surface area contributed by atoms with Crippen molar-refractivity contribution in [1.29, 1.82) is 0 Å². The van der Waals surface area contributed by atoms with Crippen LogP contribution >= 0.6 is 0 Å². The molecule has 0 heterocycles. The molecule has 0 saturated heterocycles. The molecule has 1 N–H and O–H groups in total. The standard InChI is InChI=1S/C15H23NO3/c1-19-15(18)10-13(12-7-8-12)16-14(17)9-11-5-3-2-4-6-11/h5,12-13H,2-4,6-10H2,1H3,(H,16,17)/t13-/m0/s1. The molecule has 2 rings (SSSR count). The van der Waals surface area contributed by atoms with Crippen LogP contribution in [0.15, 0.2) is 11.6 Å². The third-order valence-electron chi connectivity index (χ3n) is 3.92. The van der Waals surface area contributed by atoms with Gasteiger partial charge in [-0.25, -0.2) is 0 Å². The third-order valence-corrected chi connectivity index (χ3v) is 3.92. The molecule has 0 radical (unpaired) electrons. The number of ether oxygens (including phenoxy) is 1. The molecule has 0 aromatic carbocycles. The van der Waals surface area contributed by atoms with Gasteiger partial charge in [0.2, 0.25) is 5.91 Å². The van der Waals surface area contributed by atoms with Crippen molar-refractivity contribution in [1.82, 2.24) is 5.32 Å². The highest BCUT2D eigenvalue weighted by Gasteiger charge is 2.34. The van der Waals surface area contributed by atoms with Crippen molar-refractivity contribution in [2.75, 3.05) is 7.11 Å². The molecule has 1 saturated carbocycles. The second-order valence-electron chi connectivity index (χ2n) is 5.58. The van der Waals surface area contributed by atoms with E-state index in [1.165, 1.54) is 25.5 Å². The topological polar surface area (TPSA) is 55.4 Å². The van der Waals surface area contributed by atoms with Crippen molar-refractivity contribution in [3.8, 4) is 0 Å². The Balaban J connectivity index is 1.81. The maximum atomic E-state index is 12.0. The van der Waals surface area contributed by atoms with Gasteiger partial charge in [-0.2, -0.15) is 0 Å². The zero-order valence-electron chi connectivity index (χ0n) is 11.6. The van der Waals surface area contributed by atoms with Gasteiger partial charge in [-0.1, -0.05) is 11.6 Å². The van der Waals surface area contributed by atoms with Crippen LogP contribution in [0.5, 0.6) is 0 Å². The van der Waals surface area contributed by atoms with Gasteiger partial charge in [0.25, 0.3) is 0 Å². The predicted molar refractivity (Wildman–Crippen MR) is 72.5 cm³/mol. The third kappa shape index (κ3) is 4.69. The fourth-order valence-corrected chi connectivity index (χ4v) is 2.63. The van der Waals surface area contributed by atoms with Gasteiger partial charge >= 0.3 is 5.97 Å². The summed E-state index contributed by atoms with van der Waals surface area (Å²) < 4.78 is 4.69. The van der Waals surface area contributed by atoms with E-state index < -0.39 is 0 Å². The normalized spacial score (nSPS) is 20.4. The molecule has 0 aliphatic heterocycles. The average molecular weight is 265 g/mol. The monoisotopic (exact) mass is 265 g/mol. The van der Waals surface area contributed by atoms with Crippen LogP contribution in [0.1, 0.15) is 51.4 Å². The minimum atomic E-state index is -0.242. The van der Waals surface area contributed by atoms with Crippen molar-refractivity contribution in [2.45, 2.75) is 57.4 Å². The van der Waals surface area contributed by atoms with Crippen LogP contribution in [-0.4, -0.2) is 25.0 Å². The second kappa shape index (κ2) is 6.73. The van der Waals surface area contributed by atoms with E-state index in [4.69, 9.17) is 0 Å². The van der Waals surface area contributed by atoms with Gasteiger partial charge in [0.1, 0.15) is 0 Å². The first-order valence-corrected chi connectivity index (χ1v) is 7.23. The number of hydrogen-bond acceptors (Lipinski definition) is 3. The lowest BCUT2D eigenvalue weighted by Crippen LogP contribution is -2.38. The Hall–Kier alpha value is -1.32. The van der Waals surface area contributed by atoms with Crippen LogP contribution in [0.2, 0.25) is 0 Å². The zero-order valence-corrected chi connectivity index (χ0v) is 11.6.